The summed E-state index contributed by atoms with van der Waals surface area (Å²) in [6.45, 7) is 5.88. The second-order valence-electron chi connectivity index (χ2n) is 6.30. The van der Waals surface area contributed by atoms with Crippen molar-refractivity contribution in [2.24, 2.45) is 0 Å². The number of rotatable bonds is 5. The first-order chi connectivity index (χ1) is 11.4. The monoisotopic (exact) mass is 349 g/mol. The van der Waals surface area contributed by atoms with Crippen LogP contribution in [0.1, 0.15) is 37.2 Å². The van der Waals surface area contributed by atoms with Gasteiger partial charge in [-0.25, -0.2) is 22.7 Å². The molecule has 1 saturated heterocycles. The highest BCUT2D eigenvalue weighted by Gasteiger charge is 2.31. The van der Waals surface area contributed by atoms with Crippen LogP contribution in [0.2, 0.25) is 0 Å². The smallest absolute Gasteiger partial charge is 0.211 e. The number of sulfonamides is 1. The molecule has 0 aromatic carbocycles. The molecular weight excluding hydrogens is 326 g/mol. The summed E-state index contributed by atoms with van der Waals surface area (Å²) >= 11 is 0. The minimum atomic E-state index is -3.16. The third-order valence-corrected chi connectivity index (χ3v) is 5.54. The van der Waals surface area contributed by atoms with Crippen LogP contribution in [0.3, 0.4) is 0 Å². The Morgan fingerprint density at radius 1 is 1.33 bits per heavy atom. The summed E-state index contributed by atoms with van der Waals surface area (Å²) in [6.07, 6.45) is 4.78. The standard InChI is InChI=1S/C16H23N5O2S/c1-4-8-21-15(5-7-17-21)14-10-12(2)18-16(19-14)13-6-9-20(11-13)24(3,22)23/h5,7,10,13H,4,6,8-9,11H2,1-3H3. The lowest BCUT2D eigenvalue weighted by Crippen LogP contribution is -2.27. The van der Waals surface area contributed by atoms with Gasteiger partial charge in [0.25, 0.3) is 0 Å². The van der Waals surface area contributed by atoms with Crippen molar-refractivity contribution in [3.63, 3.8) is 0 Å². The van der Waals surface area contributed by atoms with E-state index in [2.05, 4.69) is 17.0 Å². The first-order valence-electron chi connectivity index (χ1n) is 8.21. The Morgan fingerprint density at radius 2 is 2.12 bits per heavy atom. The third-order valence-electron chi connectivity index (χ3n) is 4.27. The Labute approximate surface area is 142 Å². The molecule has 3 rings (SSSR count). The first-order valence-corrected chi connectivity index (χ1v) is 10.1. The fourth-order valence-corrected chi connectivity index (χ4v) is 3.97. The van der Waals surface area contributed by atoms with Crippen LogP contribution in [0, 0.1) is 6.92 Å². The van der Waals surface area contributed by atoms with Gasteiger partial charge in [0.15, 0.2) is 0 Å². The maximum absolute atomic E-state index is 11.7. The molecule has 8 heteroatoms. The summed E-state index contributed by atoms with van der Waals surface area (Å²) in [5, 5.41) is 4.35. The topological polar surface area (TPSA) is 81.0 Å². The zero-order valence-corrected chi connectivity index (χ0v) is 15.1. The van der Waals surface area contributed by atoms with Crippen LogP contribution >= 0.6 is 0 Å². The van der Waals surface area contributed by atoms with E-state index >= 15 is 0 Å². The van der Waals surface area contributed by atoms with E-state index in [1.54, 1.807) is 6.20 Å². The summed E-state index contributed by atoms with van der Waals surface area (Å²) in [5.74, 6) is 0.765. The second kappa shape index (κ2) is 6.60. The molecule has 24 heavy (non-hydrogen) atoms. The number of hydrogen-bond acceptors (Lipinski definition) is 5. The quantitative estimate of drug-likeness (QED) is 0.822. The van der Waals surface area contributed by atoms with Crippen LogP contribution in [0.15, 0.2) is 18.3 Å². The predicted molar refractivity (Wildman–Crippen MR) is 92.1 cm³/mol. The predicted octanol–water partition coefficient (Wildman–Crippen LogP) is 1.81. The molecule has 7 nitrogen and oxygen atoms in total. The lowest BCUT2D eigenvalue weighted by Gasteiger charge is -2.14. The molecule has 1 aliphatic heterocycles. The number of hydrogen-bond donors (Lipinski definition) is 0. The number of aromatic nitrogens is 4. The van der Waals surface area contributed by atoms with Crippen LogP contribution in [0.4, 0.5) is 0 Å². The van der Waals surface area contributed by atoms with Crippen molar-refractivity contribution in [3.8, 4) is 11.4 Å². The minimum Gasteiger partial charge on any atom is -0.263 e. The molecule has 0 spiro atoms. The molecule has 0 saturated carbocycles. The average molecular weight is 349 g/mol. The Kier molecular flexibility index (Phi) is 4.69. The molecule has 1 fully saturated rings. The highest BCUT2D eigenvalue weighted by atomic mass is 32.2. The van der Waals surface area contributed by atoms with Gasteiger partial charge >= 0.3 is 0 Å². The van der Waals surface area contributed by atoms with Gasteiger partial charge in [-0.3, -0.25) is 4.68 Å². The highest BCUT2D eigenvalue weighted by molar-refractivity contribution is 7.88. The van der Waals surface area contributed by atoms with E-state index in [1.807, 2.05) is 23.7 Å². The summed E-state index contributed by atoms with van der Waals surface area (Å²) in [5.41, 5.74) is 2.71. The Balaban J connectivity index is 1.91. The molecule has 0 bridgehead atoms. The van der Waals surface area contributed by atoms with Crippen molar-refractivity contribution < 1.29 is 8.42 Å². The van der Waals surface area contributed by atoms with Crippen LogP contribution in [0.25, 0.3) is 11.4 Å². The maximum Gasteiger partial charge on any atom is 0.211 e. The van der Waals surface area contributed by atoms with E-state index in [0.29, 0.717) is 13.1 Å². The van der Waals surface area contributed by atoms with Gasteiger partial charge in [0, 0.05) is 37.4 Å². The molecule has 0 radical (unpaired) electrons. The fraction of sp³-hybridized carbons (Fsp3) is 0.562. The lowest BCUT2D eigenvalue weighted by atomic mass is 10.1. The van der Waals surface area contributed by atoms with Gasteiger partial charge in [-0.2, -0.15) is 5.10 Å². The zero-order chi connectivity index (χ0) is 17.3. The van der Waals surface area contributed by atoms with E-state index in [4.69, 9.17) is 4.98 Å². The van der Waals surface area contributed by atoms with Gasteiger partial charge in [-0.15, -0.1) is 0 Å². The Bertz CT molecular complexity index is 831. The SMILES string of the molecule is CCCn1nccc1-c1cc(C)nc(C2CCN(S(C)(=O)=O)C2)n1. The van der Waals surface area contributed by atoms with E-state index in [9.17, 15) is 8.42 Å². The average Bonchev–Trinajstić information content (AvgIpc) is 3.15. The third kappa shape index (κ3) is 3.49. The van der Waals surface area contributed by atoms with Crippen molar-refractivity contribution in [2.75, 3.05) is 19.3 Å². The highest BCUT2D eigenvalue weighted by Crippen LogP contribution is 2.28. The second-order valence-corrected chi connectivity index (χ2v) is 8.28. The van der Waals surface area contributed by atoms with Gasteiger partial charge in [0.2, 0.25) is 10.0 Å². The molecule has 0 aliphatic carbocycles. The normalized spacial score (nSPS) is 19.0. The summed E-state index contributed by atoms with van der Waals surface area (Å²) in [6, 6.07) is 3.91. The van der Waals surface area contributed by atoms with Crippen LogP contribution in [0.5, 0.6) is 0 Å². The minimum absolute atomic E-state index is 0.0425. The molecule has 2 aromatic heterocycles. The largest absolute Gasteiger partial charge is 0.263 e. The van der Waals surface area contributed by atoms with Gasteiger partial charge in [-0.1, -0.05) is 6.92 Å². The van der Waals surface area contributed by atoms with E-state index in [0.717, 1.165) is 42.3 Å². The van der Waals surface area contributed by atoms with Crippen LogP contribution in [-0.2, 0) is 16.6 Å². The van der Waals surface area contributed by atoms with Crippen molar-refractivity contribution in [1.82, 2.24) is 24.1 Å². The van der Waals surface area contributed by atoms with Crippen molar-refractivity contribution >= 4 is 10.0 Å². The zero-order valence-electron chi connectivity index (χ0n) is 14.3. The Hall–Kier alpha value is -1.80. The van der Waals surface area contributed by atoms with Crippen molar-refractivity contribution in [1.29, 1.82) is 0 Å². The van der Waals surface area contributed by atoms with Gasteiger partial charge in [-0.05, 0) is 31.9 Å². The molecule has 1 aliphatic rings. The lowest BCUT2D eigenvalue weighted by molar-refractivity contribution is 0.476. The number of aryl methyl sites for hydroxylation is 2. The molecule has 1 unspecified atom stereocenters. The van der Waals surface area contributed by atoms with E-state index in [1.165, 1.54) is 10.6 Å². The maximum atomic E-state index is 11.7. The molecule has 2 aromatic rings. The van der Waals surface area contributed by atoms with Gasteiger partial charge < -0.3 is 0 Å². The first kappa shape index (κ1) is 17.0. The van der Waals surface area contributed by atoms with Crippen molar-refractivity contribution in [3.05, 3.63) is 29.8 Å². The molecule has 0 amide bonds. The van der Waals surface area contributed by atoms with Gasteiger partial charge in [0.05, 0.1) is 17.6 Å². The fourth-order valence-electron chi connectivity index (χ4n) is 3.09. The summed E-state index contributed by atoms with van der Waals surface area (Å²) < 4.78 is 26.9. The molecule has 1 atom stereocenters. The number of nitrogens with zero attached hydrogens (tertiary/aromatic N) is 5. The molecule has 0 N–H and O–H groups in total. The molecule has 130 valence electrons. The van der Waals surface area contributed by atoms with Gasteiger partial charge in [0.1, 0.15) is 5.82 Å². The van der Waals surface area contributed by atoms with E-state index in [-0.39, 0.29) is 5.92 Å². The van der Waals surface area contributed by atoms with Crippen LogP contribution in [-0.4, -0.2) is 51.8 Å². The van der Waals surface area contributed by atoms with Crippen molar-refractivity contribution in [2.45, 2.75) is 39.2 Å². The molecular formula is C16H23N5O2S. The Morgan fingerprint density at radius 3 is 2.79 bits per heavy atom. The van der Waals surface area contributed by atoms with Crippen LogP contribution < -0.4 is 0 Å². The summed E-state index contributed by atoms with van der Waals surface area (Å²) in [7, 11) is -3.16. The molecule has 3 heterocycles. The summed E-state index contributed by atoms with van der Waals surface area (Å²) in [4.78, 5) is 9.28. The van der Waals surface area contributed by atoms with E-state index < -0.39 is 10.0 Å².